The molecule has 3 nitrogen and oxygen atoms in total. The molecule has 3 rings (SSSR count). The Morgan fingerprint density at radius 3 is 2.95 bits per heavy atom. The largest absolute Gasteiger partial charge is 0.459 e. The maximum Gasteiger partial charge on any atom is 0.134 e. The number of fused-ring (bicyclic) bond motifs is 1. The molecule has 0 radical (unpaired) electrons. The van der Waals surface area contributed by atoms with Gasteiger partial charge in [-0.25, -0.2) is 0 Å². The smallest absolute Gasteiger partial charge is 0.134 e. The Morgan fingerprint density at radius 2 is 2.21 bits per heavy atom. The molecule has 1 N–H and O–H groups in total. The first-order chi connectivity index (χ1) is 9.36. The van der Waals surface area contributed by atoms with Crippen molar-refractivity contribution in [3.05, 3.63) is 36.1 Å². The van der Waals surface area contributed by atoms with Crippen molar-refractivity contribution in [1.82, 2.24) is 5.32 Å². The molecule has 1 aliphatic rings. The van der Waals surface area contributed by atoms with Gasteiger partial charge in [-0.05, 0) is 44.9 Å². The summed E-state index contributed by atoms with van der Waals surface area (Å²) < 4.78 is 11.8. The van der Waals surface area contributed by atoms with Crippen molar-refractivity contribution in [2.24, 2.45) is 0 Å². The van der Waals surface area contributed by atoms with Crippen molar-refractivity contribution in [3.63, 3.8) is 0 Å². The van der Waals surface area contributed by atoms with E-state index in [1.807, 2.05) is 25.2 Å². The molecule has 2 heterocycles. The number of hydrogen-bond acceptors (Lipinski definition) is 3. The molecule has 0 saturated carbocycles. The predicted octanol–water partition coefficient (Wildman–Crippen LogP) is 3.65. The van der Waals surface area contributed by atoms with E-state index in [-0.39, 0.29) is 6.04 Å². The van der Waals surface area contributed by atoms with E-state index in [1.165, 1.54) is 24.6 Å². The van der Waals surface area contributed by atoms with Crippen molar-refractivity contribution in [2.45, 2.75) is 37.8 Å². The second-order valence-electron chi connectivity index (χ2n) is 5.25. The fourth-order valence-corrected chi connectivity index (χ4v) is 2.81. The van der Waals surface area contributed by atoms with Crippen LogP contribution in [0.25, 0.3) is 11.0 Å². The van der Waals surface area contributed by atoms with Crippen LogP contribution in [0.5, 0.6) is 0 Å². The van der Waals surface area contributed by atoms with Crippen molar-refractivity contribution in [3.8, 4) is 0 Å². The van der Waals surface area contributed by atoms with E-state index < -0.39 is 0 Å². The van der Waals surface area contributed by atoms with Gasteiger partial charge in [0.15, 0.2) is 0 Å². The van der Waals surface area contributed by atoms with Crippen molar-refractivity contribution < 1.29 is 9.15 Å². The van der Waals surface area contributed by atoms with Gasteiger partial charge in [0.05, 0.1) is 12.1 Å². The van der Waals surface area contributed by atoms with E-state index in [4.69, 9.17) is 9.15 Å². The van der Waals surface area contributed by atoms with Crippen LogP contribution >= 0.6 is 0 Å². The fraction of sp³-hybridized carbons (Fsp3) is 0.500. The number of rotatable bonds is 4. The van der Waals surface area contributed by atoms with Crippen LogP contribution < -0.4 is 5.32 Å². The molecular weight excluding hydrogens is 238 g/mol. The number of ether oxygens (including phenoxy) is 1. The molecule has 2 unspecified atom stereocenters. The maximum absolute atomic E-state index is 5.94. The summed E-state index contributed by atoms with van der Waals surface area (Å²) in [5.41, 5.74) is 0.960. The molecule has 1 aromatic heterocycles. The summed E-state index contributed by atoms with van der Waals surface area (Å²) in [6, 6.07) is 10.5. The molecule has 1 aliphatic heterocycles. The quantitative estimate of drug-likeness (QED) is 0.910. The van der Waals surface area contributed by atoms with Crippen LogP contribution in [0.4, 0.5) is 0 Å². The molecule has 0 spiro atoms. The van der Waals surface area contributed by atoms with E-state index in [2.05, 4.69) is 17.4 Å². The van der Waals surface area contributed by atoms with E-state index in [0.29, 0.717) is 6.10 Å². The Balaban J connectivity index is 1.76. The average Bonchev–Trinajstić information content (AvgIpc) is 2.89. The van der Waals surface area contributed by atoms with Gasteiger partial charge in [-0.1, -0.05) is 18.2 Å². The van der Waals surface area contributed by atoms with Crippen LogP contribution in [0.3, 0.4) is 0 Å². The van der Waals surface area contributed by atoms with Crippen LogP contribution in [0.1, 0.15) is 37.5 Å². The third-order valence-corrected chi connectivity index (χ3v) is 3.91. The third kappa shape index (κ3) is 2.82. The molecule has 0 aliphatic carbocycles. The number of nitrogens with one attached hydrogen (secondary N) is 1. The molecule has 2 aromatic rings. The zero-order valence-electron chi connectivity index (χ0n) is 11.4. The number of para-hydroxylation sites is 1. The zero-order valence-corrected chi connectivity index (χ0v) is 11.4. The summed E-state index contributed by atoms with van der Waals surface area (Å²) in [5, 5.41) is 4.52. The van der Waals surface area contributed by atoms with E-state index in [0.717, 1.165) is 24.4 Å². The number of furan rings is 1. The van der Waals surface area contributed by atoms with Crippen LogP contribution in [-0.4, -0.2) is 19.8 Å². The second kappa shape index (κ2) is 5.76. The Labute approximate surface area is 113 Å². The van der Waals surface area contributed by atoms with Gasteiger partial charge < -0.3 is 14.5 Å². The Morgan fingerprint density at radius 1 is 1.32 bits per heavy atom. The Bertz CT molecular complexity index is 495. The predicted molar refractivity (Wildman–Crippen MR) is 76.2 cm³/mol. The van der Waals surface area contributed by atoms with Gasteiger partial charge in [-0.3, -0.25) is 0 Å². The van der Waals surface area contributed by atoms with Crippen molar-refractivity contribution >= 4 is 11.0 Å². The molecule has 19 heavy (non-hydrogen) atoms. The zero-order chi connectivity index (χ0) is 13.1. The fourth-order valence-electron chi connectivity index (χ4n) is 2.81. The van der Waals surface area contributed by atoms with E-state index in [1.54, 1.807) is 0 Å². The minimum Gasteiger partial charge on any atom is -0.459 e. The molecule has 1 fully saturated rings. The van der Waals surface area contributed by atoms with Crippen LogP contribution in [0.2, 0.25) is 0 Å². The lowest BCUT2D eigenvalue weighted by molar-refractivity contribution is 0.00430. The maximum atomic E-state index is 5.94. The molecule has 2 atom stereocenters. The standard InChI is InChI=1S/C16H21NO2/c1-17-14(11-13-7-4-5-9-18-13)16-10-12-6-2-3-8-15(12)19-16/h2-3,6,8,10,13-14,17H,4-5,7,9,11H2,1H3. The van der Waals surface area contributed by atoms with Gasteiger partial charge in [-0.15, -0.1) is 0 Å². The molecule has 0 bridgehead atoms. The number of benzene rings is 1. The van der Waals surface area contributed by atoms with Crippen LogP contribution in [0.15, 0.2) is 34.7 Å². The van der Waals surface area contributed by atoms with Gasteiger partial charge in [0.1, 0.15) is 11.3 Å². The first-order valence-corrected chi connectivity index (χ1v) is 7.14. The SMILES string of the molecule is CNC(CC1CCCCO1)c1cc2ccccc2o1. The Kier molecular flexibility index (Phi) is 3.85. The monoisotopic (exact) mass is 259 g/mol. The Hall–Kier alpha value is -1.32. The van der Waals surface area contributed by atoms with Crippen LogP contribution in [-0.2, 0) is 4.74 Å². The molecular formula is C16H21NO2. The molecule has 1 saturated heterocycles. The topological polar surface area (TPSA) is 34.4 Å². The highest BCUT2D eigenvalue weighted by Gasteiger charge is 2.22. The average molecular weight is 259 g/mol. The first-order valence-electron chi connectivity index (χ1n) is 7.14. The summed E-state index contributed by atoms with van der Waals surface area (Å²) >= 11 is 0. The summed E-state index contributed by atoms with van der Waals surface area (Å²) in [4.78, 5) is 0. The molecule has 3 heteroatoms. The summed E-state index contributed by atoms with van der Waals surface area (Å²) in [7, 11) is 1.99. The highest BCUT2D eigenvalue weighted by molar-refractivity contribution is 5.77. The lowest BCUT2D eigenvalue weighted by atomic mass is 10.0. The molecule has 0 amide bonds. The number of hydrogen-bond donors (Lipinski definition) is 1. The van der Waals surface area contributed by atoms with Gasteiger partial charge >= 0.3 is 0 Å². The van der Waals surface area contributed by atoms with E-state index >= 15 is 0 Å². The minimum absolute atomic E-state index is 0.232. The van der Waals surface area contributed by atoms with Gasteiger partial charge in [0, 0.05) is 12.0 Å². The lowest BCUT2D eigenvalue weighted by Gasteiger charge is -2.25. The van der Waals surface area contributed by atoms with Crippen molar-refractivity contribution in [1.29, 1.82) is 0 Å². The van der Waals surface area contributed by atoms with Gasteiger partial charge in [-0.2, -0.15) is 0 Å². The molecule has 1 aromatic carbocycles. The normalized spacial score (nSPS) is 21.6. The second-order valence-corrected chi connectivity index (χ2v) is 5.25. The van der Waals surface area contributed by atoms with E-state index in [9.17, 15) is 0 Å². The summed E-state index contributed by atoms with van der Waals surface area (Å²) in [6.45, 7) is 0.904. The van der Waals surface area contributed by atoms with Crippen LogP contribution in [0, 0.1) is 0 Å². The van der Waals surface area contributed by atoms with Gasteiger partial charge in [0.25, 0.3) is 0 Å². The first kappa shape index (κ1) is 12.7. The third-order valence-electron chi connectivity index (χ3n) is 3.91. The highest BCUT2D eigenvalue weighted by Crippen LogP contribution is 2.28. The summed E-state index contributed by atoms with van der Waals surface area (Å²) in [5.74, 6) is 1.01. The highest BCUT2D eigenvalue weighted by atomic mass is 16.5. The van der Waals surface area contributed by atoms with Crippen molar-refractivity contribution in [2.75, 3.05) is 13.7 Å². The minimum atomic E-state index is 0.232. The molecule has 102 valence electrons. The lowest BCUT2D eigenvalue weighted by Crippen LogP contribution is -2.26. The summed E-state index contributed by atoms with van der Waals surface area (Å²) in [6.07, 6.45) is 4.99. The van der Waals surface area contributed by atoms with Gasteiger partial charge in [0.2, 0.25) is 0 Å².